The summed E-state index contributed by atoms with van der Waals surface area (Å²) in [4.78, 5) is 35.1. The molecule has 0 N–H and O–H groups in total. The van der Waals surface area contributed by atoms with Crippen LogP contribution in [0.1, 0.15) is 32.1 Å². The number of aliphatic carboxylic acids is 1. The quantitative estimate of drug-likeness (QED) is 0.594. The standard InChI is InChI=1S/C11H15NO4/c13-9(14)5-6-12-10(15)7-3-1-2-4-8(7)11(12)16/h7-8H,1-6H2,(H,13,14)/p-1/t7-,8+. The molecule has 2 aliphatic rings. The summed E-state index contributed by atoms with van der Waals surface area (Å²) in [7, 11) is 0. The Hall–Kier alpha value is -1.39. The Morgan fingerprint density at radius 2 is 1.69 bits per heavy atom. The van der Waals surface area contributed by atoms with Crippen molar-refractivity contribution >= 4 is 17.8 Å². The molecule has 5 nitrogen and oxygen atoms in total. The first-order chi connectivity index (χ1) is 7.61. The number of rotatable bonds is 3. The van der Waals surface area contributed by atoms with Crippen LogP contribution in [-0.2, 0) is 14.4 Å². The molecule has 2 rings (SSSR count). The van der Waals surface area contributed by atoms with Gasteiger partial charge in [0.15, 0.2) is 0 Å². The lowest BCUT2D eigenvalue weighted by molar-refractivity contribution is -0.305. The maximum Gasteiger partial charge on any atom is 0.233 e. The first-order valence-electron chi connectivity index (χ1n) is 5.66. The Kier molecular flexibility index (Phi) is 2.94. The van der Waals surface area contributed by atoms with Gasteiger partial charge in [-0.3, -0.25) is 14.5 Å². The van der Waals surface area contributed by atoms with Crippen LogP contribution < -0.4 is 5.11 Å². The molecule has 0 aromatic heterocycles. The van der Waals surface area contributed by atoms with Crippen LogP contribution in [0, 0.1) is 11.8 Å². The normalized spacial score (nSPS) is 29.4. The first-order valence-corrected chi connectivity index (χ1v) is 5.66. The zero-order valence-electron chi connectivity index (χ0n) is 8.98. The molecule has 1 aliphatic carbocycles. The maximum absolute atomic E-state index is 11.9. The zero-order valence-corrected chi connectivity index (χ0v) is 8.98. The number of hydrogen-bond donors (Lipinski definition) is 0. The Morgan fingerprint density at radius 3 is 2.12 bits per heavy atom. The summed E-state index contributed by atoms with van der Waals surface area (Å²) in [5.74, 6) is -1.98. The van der Waals surface area contributed by atoms with Gasteiger partial charge in [-0.2, -0.15) is 0 Å². The van der Waals surface area contributed by atoms with Crippen molar-refractivity contribution in [2.24, 2.45) is 11.8 Å². The molecule has 2 amide bonds. The second kappa shape index (κ2) is 4.23. The van der Waals surface area contributed by atoms with Gasteiger partial charge in [0, 0.05) is 18.9 Å². The van der Waals surface area contributed by atoms with Crippen molar-refractivity contribution in [3.8, 4) is 0 Å². The van der Waals surface area contributed by atoms with E-state index in [4.69, 9.17) is 0 Å². The van der Waals surface area contributed by atoms with Crippen LogP contribution in [0.3, 0.4) is 0 Å². The third kappa shape index (κ3) is 1.81. The number of carbonyl (C=O) groups excluding carboxylic acids is 3. The highest BCUT2D eigenvalue weighted by atomic mass is 16.4. The fraction of sp³-hybridized carbons (Fsp3) is 0.727. The molecule has 0 bridgehead atoms. The third-order valence-corrected chi connectivity index (χ3v) is 3.47. The molecule has 16 heavy (non-hydrogen) atoms. The largest absolute Gasteiger partial charge is 0.550 e. The van der Waals surface area contributed by atoms with Crippen LogP contribution in [0.15, 0.2) is 0 Å². The minimum atomic E-state index is -1.23. The molecule has 1 aliphatic heterocycles. The smallest absolute Gasteiger partial charge is 0.233 e. The second-order valence-corrected chi connectivity index (χ2v) is 4.45. The van der Waals surface area contributed by atoms with Gasteiger partial charge in [0.1, 0.15) is 0 Å². The number of nitrogens with zero attached hydrogens (tertiary/aromatic N) is 1. The minimum absolute atomic E-state index is 0.0347. The van der Waals surface area contributed by atoms with E-state index in [0.29, 0.717) is 0 Å². The van der Waals surface area contributed by atoms with Crippen molar-refractivity contribution < 1.29 is 19.5 Å². The van der Waals surface area contributed by atoms with Crippen molar-refractivity contribution in [2.75, 3.05) is 6.54 Å². The lowest BCUT2D eigenvalue weighted by Crippen LogP contribution is -2.35. The van der Waals surface area contributed by atoms with Gasteiger partial charge < -0.3 is 9.90 Å². The lowest BCUT2D eigenvalue weighted by atomic mass is 9.81. The number of amides is 2. The van der Waals surface area contributed by atoms with E-state index in [0.717, 1.165) is 30.6 Å². The van der Waals surface area contributed by atoms with Crippen LogP contribution in [0.25, 0.3) is 0 Å². The van der Waals surface area contributed by atoms with Crippen LogP contribution in [0.2, 0.25) is 0 Å². The Morgan fingerprint density at radius 1 is 1.19 bits per heavy atom. The van der Waals surface area contributed by atoms with Crippen LogP contribution in [-0.4, -0.2) is 29.2 Å². The first kappa shape index (κ1) is 11.1. The topological polar surface area (TPSA) is 77.5 Å². The SMILES string of the molecule is O=C([O-])CCN1C(=O)[C@H]2CCCC[C@H]2C1=O. The molecule has 1 saturated heterocycles. The average molecular weight is 224 g/mol. The van der Waals surface area contributed by atoms with Gasteiger partial charge in [0.05, 0.1) is 11.8 Å². The van der Waals surface area contributed by atoms with Gasteiger partial charge in [-0.05, 0) is 12.8 Å². The zero-order chi connectivity index (χ0) is 11.7. The molecule has 0 radical (unpaired) electrons. The van der Waals surface area contributed by atoms with Crippen LogP contribution in [0.4, 0.5) is 0 Å². The van der Waals surface area contributed by atoms with Crippen molar-refractivity contribution in [2.45, 2.75) is 32.1 Å². The van der Waals surface area contributed by atoms with Gasteiger partial charge in [0.25, 0.3) is 0 Å². The number of carbonyl (C=O) groups is 3. The summed E-state index contributed by atoms with van der Waals surface area (Å²) in [6.07, 6.45) is 3.22. The molecular formula is C11H14NO4-. The van der Waals surface area contributed by atoms with E-state index in [2.05, 4.69) is 0 Å². The number of fused-ring (bicyclic) bond motifs is 1. The number of hydrogen-bond acceptors (Lipinski definition) is 4. The van der Waals surface area contributed by atoms with Gasteiger partial charge in [0.2, 0.25) is 11.8 Å². The van der Waals surface area contributed by atoms with E-state index in [1.54, 1.807) is 0 Å². The maximum atomic E-state index is 11.9. The predicted molar refractivity (Wildman–Crippen MR) is 51.8 cm³/mol. The molecule has 5 heteroatoms. The third-order valence-electron chi connectivity index (χ3n) is 3.47. The Labute approximate surface area is 93.4 Å². The molecule has 0 aromatic carbocycles. The van der Waals surface area contributed by atoms with Crippen molar-refractivity contribution in [1.29, 1.82) is 0 Å². The number of carboxylic acid groups (broad SMARTS) is 1. The second-order valence-electron chi connectivity index (χ2n) is 4.45. The Balaban J connectivity index is 2.06. The molecule has 1 heterocycles. The highest BCUT2D eigenvalue weighted by molar-refractivity contribution is 6.05. The molecular weight excluding hydrogens is 210 g/mol. The van der Waals surface area contributed by atoms with E-state index in [1.165, 1.54) is 0 Å². The summed E-state index contributed by atoms with van der Waals surface area (Å²) >= 11 is 0. The van der Waals surface area contributed by atoms with E-state index in [9.17, 15) is 19.5 Å². The minimum Gasteiger partial charge on any atom is -0.550 e. The van der Waals surface area contributed by atoms with E-state index >= 15 is 0 Å². The van der Waals surface area contributed by atoms with Crippen molar-refractivity contribution in [1.82, 2.24) is 4.90 Å². The molecule has 1 saturated carbocycles. The number of likely N-dealkylation sites (tertiary alicyclic amines) is 1. The summed E-state index contributed by atoms with van der Waals surface area (Å²) in [5.41, 5.74) is 0. The molecule has 2 fully saturated rings. The van der Waals surface area contributed by atoms with E-state index in [1.807, 2.05) is 0 Å². The summed E-state index contributed by atoms with van der Waals surface area (Å²) < 4.78 is 0. The molecule has 88 valence electrons. The molecule has 2 atom stereocenters. The molecule has 0 spiro atoms. The summed E-state index contributed by atoms with van der Waals surface area (Å²) in [6, 6.07) is 0. The van der Waals surface area contributed by atoms with Gasteiger partial charge in [-0.25, -0.2) is 0 Å². The Bertz CT molecular complexity index is 315. The van der Waals surface area contributed by atoms with Gasteiger partial charge in [-0.15, -0.1) is 0 Å². The van der Waals surface area contributed by atoms with E-state index < -0.39 is 5.97 Å². The van der Waals surface area contributed by atoms with Gasteiger partial charge in [-0.1, -0.05) is 12.8 Å². The highest BCUT2D eigenvalue weighted by Crippen LogP contribution is 2.37. The van der Waals surface area contributed by atoms with Crippen LogP contribution in [0.5, 0.6) is 0 Å². The van der Waals surface area contributed by atoms with Crippen molar-refractivity contribution in [3.63, 3.8) is 0 Å². The van der Waals surface area contributed by atoms with Crippen LogP contribution >= 0.6 is 0 Å². The fourth-order valence-electron chi connectivity index (χ4n) is 2.65. The van der Waals surface area contributed by atoms with E-state index in [-0.39, 0.29) is 36.6 Å². The highest BCUT2D eigenvalue weighted by Gasteiger charge is 2.47. The van der Waals surface area contributed by atoms with Gasteiger partial charge >= 0.3 is 0 Å². The lowest BCUT2D eigenvalue weighted by Gasteiger charge is -2.19. The fourth-order valence-corrected chi connectivity index (χ4v) is 2.65. The summed E-state index contributed by atoms with van der Waals surface area (Å²) in [6.45, 7) is -0.0347. The predicted octanol–water partition coefficient (Wildman–Crippen LogP) is -0.698. The number of carboxylic acids is 1. The van der Waals surface area contributed by atoms with Crippen molar-refractivity contribution in [3.05, 3.63) is 0 Å². The average Bonchev–Trinajstić information content (AvgIpc) is 2.50. The molecule has 0 unspecified atom stereocenters. The summed E-state index contributed by atoms with van der Waals surface area (Å²) in [5, 5.41) is 10.3. The molecule has 0 aromatic rings. The number of imide groups is 1. The monoisotopic (exact) mass is 224 g/mol.